The molecule has 0 aliphatic carbocycles. The standard InChI is InChI=1S/C13H16N4/c1-9-2-4-10(5-3-9)11-6-15-13-12(14)7-16-17(13)8-11/h2-5,7,11,15H,6,8,14H2,1H3. The summed E-state index contributed by atoms with van der Waals surface area (Å²) in [6, 6.07) is 8.70. The summed E-state index contributed by atoms with van der Waals surface area (Å²) in [4.78, 5) is 0. The number of benzene rings is 1. The second-order valence-corrected chi connectivity index (χ2v) is 4.62. The van der Waals surface area contributed by atoms with Gasteiger partial charge in [0.1, 0.15) is 5.82 Å². The lowest BCUT2D eigenvalue weighted by atomic mass is 9.97. The van der Waals surface area contributed by atoms with E-state index >= 15 is 0 Å². The lowest BCUT2D eigenvalue weighted by Crippen LogP contribution is -2.26. The van der Waals surface area contributed by atoms with E-state index in [4.69, 9.17) is 5.73 Å². The quantitative estimate of drug-likeness (QED) is 0.784. The number of nitrogens with zero attached hydrogens (tertiary/aromatic N) is 2. The molecule has 0 bridgehead atoms. The zero-order valence-electron chi connectivity index (χ0n) is 9.85. The summed E-state index contributed by atoms with van der Waals surface area (Å²) in [5.74, 6) is 1.41. The summed E-state index contributed by atoms with van der Waals surface area (Å²) >= 11 is 0. The van der Waals surface area contributed by atoms with Crippen molar-refractivity contribution in [1.82, 2.24) is 9.78 Å². The van der Waals surface area contributed by atoms with E-state index in [1.807, 2.05) is 4.68 Å². The Balaban J connectivity index is 1.86. The number of hydrogen-bond donors (Lipinski definition) is 2. The topological polar surface area (TPSA) is 55.9 Å². The molecule has 4 nitrogen and oxygen atoms in total. The molecule has 1 aromatic carbocycles. The number of anilines is 2. The van der Waals surface area contributed by atoms with E-state index in [-0.39, 0.29) is 0 Å². The third kappa shape index (κ3) is 1.75. The molecule has 0 fully saturated rings. The highest BCUT2D eigenvalue weighted by Gasteiger charge is 2.21. The van der Waals surface area contributed by atoms with Crippen molar-refractivity contribution in [2.45, 2.75) is 19.4 Å². The van der Waals surface area contributed by atoms with E-state index in [0.29, 0.717) is 5.92 Å². The van der Waals surface area contributed by atoms with Gasteiger partial charge in [-0.05, 0) is 12.5 Å². The van der Waals surface area contributed by atoms with Crippen LogP contribution in [0.25, 0.3) is 0 Å². The van der Waals surface area contributed by atoms with Gasteiger partial charge < -0.3 is 11.1 Å². The molecule has 2 heterocycles. The molecule has 3 rings (SSSR count). The summed E-state index contributed by atoms with van der Waals surface area (Å²) in [6.45, 7) is 3.91. The zero-order chi connectivity index (χ0) is 11.8. The van der Waals surface area contributed by atoms with E-state index in [1.54, 1.807) is 6.20 Å². The van der Waals surface area contributed by atoms with Crippen LogP contribution in [0.1, 0.15) is 17.0 Å². The molecule has 0 saturated heterocycles. The molecule has 1 unspecified atom stereocenters. The Morgan fingerprint density at radius 3 is 2.88 bits per heavy atom. The van der Waals surface area contributed by atoms with Gasteiger partial charge in [-0.1, -0.05) is 29.8 Å². The number of aryl methyl sites for hydroxylation is 1. The predicted octanol–water partition coefficient (Wildman–Crippen LogP) is 1.98. The van der Waals surface area contributed by atoms with E-state index in [9.17, 15) is 0 Å². The van der Waals surface area contributed by atoms with Crippen LogP contribution in [0.3, 0.4) is 0 Å². The van der Waals surface area contributed by atoms with Crippen LogP contribution in [0.4, 0.5) is 11.5 Å². The molecule has 17 heavy (non-hydrogen) atoms. The van der Waals surface area contributed by atoms with Gasteiger partial charge in [0.2, 0.25) is 0 Å². The maximum Gasteiger partial charge on any atom is 0.147 e. The minimum Gasteiger partial charge on any atom is -0.394 e. The first-order valence-electron chi connectivity index (χ1n) is 5.86. The Morgan fingerprint density at radius 2 is 2.12 bits per heavy atom. The van der Waals surface area contributed by atoms with Gasteiger partial charge in [-0.2, -0.15) is 5.10 Å². The fourth-order valence-electron chi connectivity index (χ4n) is 2.29. The number of nitrogen functional groups attached to an aromatic ring is 1. The minimum atomic E-state index is 0.461. The Morgan fingerprint density at radius 1 is 1.35 bits per heavy atom. The molecule has 0 spiro atoms. The van der Waals surface area contributed by atoms with E-state index in [2.05, 4.69) is 41.6 Å². The average molecular weight is 228 g/mol. The lowest BCUT2D eigenvalue weighted by molar-refractivity contribution is 0.506. The van der Waals surface area contributed by atoms with Crippen LogP contribution < -0.4 is 11.1 Å². The second-order valence-electron chi connectivity index (χ2n) is 4.62. The number of hydrogen-bond acceptors (Lipinski definition) is 3. The van der Waals surface area contributed by atoms with Crippen LogP contribution in [0.5, 0.6) is 0 Å². The SMILES string of the molecule is Cc1ccc(C2CNc3c(N)cnn3C2)cc1. The van der Waals surface area contributed by atoms with Crippen LogP contribution in [-0.2, 0) is 6.54 Å². The zero-order valence-corrected chi connectivity index (χ0v) is 9.85. The Kier molecular flexibility index (Phi) is 2.28. The van der Waals surface area contributed by atoms with Gasteiger partial charge in [-0.25, -0.2) is 4.68 Å². The largest absolute Gasteiger partial charge is 0.394 e. The van der Waals surface area contributed by atoms with Crippen molar-refractivity contribution in [3.8, 4) is 0 Å². The first-order chi connectivity index (χ1) is 8.24. The van der Waals surface area contributed by atoms with Crippen molar-refractivity contribution in [2.24, 2.45) is 0 Å². The molecule has 4 heteroatoms. The fourth-order valence-corrected chi connectivity index (χ4v) is 2.29. The second kappa shape index (κ2) is 3.80. The van der Waals surface area contributed by atoms with Crippen molar-refractivity contribution in [3.63, 3.8) is 0 Å². The third-order valence-electron chi connectivity index (χ3n) is 3.33. The fraction of sp³-hybridized carbons (Fsp3) is 0.308. The highest BCUT2D eigenvalue weighted by Crippen LogP contribution is 2.28. The molecule has 0 radical (unpaired) electrons. The van der Waals surface area contributed by atoms with Crippen LogP contribution in [0, 0.1) is 6.92 Å². The van der Waals surface area contributed by atoms with Crippen LogP contribution in [0.2, 0.25) is 0 Å². The molecule has 1 aliphatic rings. The highest BCUT2D eigenvalue weighted by atomic mass is 15.3. The normalized spacial score (nSPS) is 18.5. The number of rotatable bonds is 1. The van der Waals surface area contributed by atoms with Gasteiger partial charge in [0, 0.05) is 12.5 Å². The number of nitrogens with one attached hydrogen (secondary N) is 1. The van der Waals surface area contributed by atoms with Crippen molar-refractivity contribution in [3.05, 3.63) is 41.6 Å². The van der Waals surface area contributed by atoms with Gasteiger partial charge in [0.05, 0.1) is 18.4 Å². The highest BCUT2D eigenvalue weighted by molar-refractivity contribution is 5.61. The van der Waals surface area contributed by atoms with Gasteiger partial charge in [0.25, 0.3) is 0 Å². The first kappa shape index (κ1) is 10.2. The molecular weight excluding hydrogens is 212 g/mol. The van der Waals surface area contributed by atoms with E-state index in [1.165, 1.54) is 11.1 Å². The monoisotopic (exact) mass is 228 g/mol. The molecule has 0 saturated carbocycles. The molecule has 2 aromatic rings. The molecular formula is C13H16N4. The molecule has 1 aromatic heterocycles. The van der Waals surface area contributed by atoms with Gasteiger partial charge in [-0.3, -0.25) is 0 Å². The maximum atomic E-state index is 5.82. The van der Waals surface area contributed by atoms with Crippen molar-refractivity contribution in [1.29, 1.82) is 0 Å². The minimum absolute atomic E-state index is 0.461. The van der Waals surface area contributed by atoms with Crippen molar-refractivity contribution < 1.29 is 0 Å². The van der Waals surface area contributed by atoms with Crippen LogP contribution in [0.15, 0.2) is 30.5 Å². The van der Waals surface area contributed by atoms with E-state index < -0.39 is 0 Å². The Bertz CT molecular complexity index is 527. The molecule has 3 N–H and O–H groups in total. The van der Waals surface area contributed by atoms with Gasteiger partial charge >= 0.3 is 0 Å². The Hall–Kier alpha value is -1.97. The lowest BCUT2D eigenvalue weighted by Gasteiger charge is -2.25. The summed E-state index contributed by atoms with van der Waals surface area (Å²) in [5.41, 5.74) is 9.19. The molecule has 1 atom stereocenters. The number of aromatic nitrogens is 2. The third-order valence-corrected chi connectivity index (χ3v) is 3.33. The summed E-state index contributed by atoms with van der Waals surface area (Å²) < 4.78 is 1.95. The van der Waals surface area contributed by atoms with Crippen LogP contribution >= 0.6 is 0 Å². The van der Waals surface area contributed by atoms with Crippen molar-refractivity contribution in [2.75, 3.05) is 17.6 Å². The number of fused-ring (bicyclic) bond motifs is 1. The maximum absolute atomic E-state index is 5.82. The Labute approximate surface area is 100 Å². The average Bonchev–Trinajstić information content (AvgIpc) is 2.72. The predicted molar refractivity (Wildman–Crippen MR) is 69.0 cm³/mol. The van der Waals surface area contributed by atoms with Crippen LogP contribution in [-0.4, -0.2) is 16.3 Å². The summed E-state index contributed by atoms with van der Waals surface area (Å²) in [7, 11) is 0. The number of nitrogens with two attached hydrogens (primary N) is 1. The van der Waals surface area contributed by atoms with E-state index in [0.717, 1.165) is 24.6 Å². The summed E-state index contributed by atoms with van der Waals surface area (Å²) in [5, 5.41) is 7.63. The van der Waals surface area contributed by atoms with Gasteiger partial charge in [0.15, 0.2) is 0 Å². The van der Waals surface area contributed by atoms with Crippen molar-refractivity contribution >= 4 is 11.5 Å². The molecule has 0 amide bonds. The molecule has 88 valence electrons. The molecule has 1 aliphatic heterocycles. The van der Waals surface area contributed by atoms with Gasteiger partial charge in [-0.15, -0.1) is 0 Å². The summed E-state index contributed by atoms with van der Waals surface area (Å²) in [6.07, 6.45) is 1.71. The first-order valence-corrected chi connectivity index (χ1v) is 5.86. The smallest absolute Gasteiger partial charge is 0.147 e.